The zero-order valence-electron chi connectivity index (χ0n) is 14.9. The van der Waals surface area contributed by atoms with Crippen LogP contribution >= 0.6 is 0 Å². The van der Waals surface area contributed by atoms with Gasteiger partial charge < -0.3 is 9.13 Å². The Morgan fingerprint density at radius 1 is 0.789 bits per heavy atom. The molecule has 116 valence electrons. The SMILES string of the molecule is CC(C)N([SiH2]CC[SiH](C)N(C(C)C)C(C)C)C(C)C. The Morgan fingerprint density at radius 2 is 1.21 bits per heavy atom. The predicted octanol–water partition coefficient (Wildman–Crippen LogP) is 3.08. The van der Waals surface area contributed by atoms with Gasteiger partial charge in [0.05, 0.1) is 9.68 Å². The van der Waals surface area contributed by atoms with Crippen molar-refractivity contribution in [2.24, 2.45) is 0 Å². The smallest absolute Gasteiger partial charge is 0.109 e. The van der Waals surface area contributed by atoms with Gasteiger partial charge in [-0.1, -0.05) is 68.0 Å². The lowest BCUT2D eigenvalue weighted by Gasteiger charge is -2.36. The van der Waals surface area contributed by atoms with Gasteiger partial charge >= 0.3 is 0 Å². The lowest BCUT2D eigenvalue weighted by molar-refractivity contribution is 0.302. The van der Waals surface area contributed by atoms with E-state index >= 15 is 0 Å². The number of hydrogen-bond donors (Lipinski definition) is 0. The largest absolute Gasteiger partial charge is 0.325 e. The molecule has 0 aliphatic carbocycles. The molecular formula is C15H38N2Si2. The molecule has 1 atom stereocenters. The molecule has 19 heavy (non-hydrogen) atoms. The molecule has 0 rings (SSSR count). The Hall–Kier alpha value is 0.354. The maximum Gasteiger partial charge on any atom is 0.109 e. The topological polar surface area (TPSA) is 6.48 Å². The van der Waals surface area contributed by atoms with Crippen LogP contribution in [0.1, 0.15) is 55.4 Å². The minimum atomic E-state index is -0.713. The van der Waals surface area contributed by atoms with E-state index in [2.05, 4.69) is 71.1 Å². The van der Waals surface area contributed by atoms with Gasteiger partial charge in [-0.25, -0.2) is 0 Å². The molecule has 0 spiro atoms. The van der Waals surface area contributed by atoms with Crippen molar-refractivity contribution in [1.29, 1.82) is 0 Å². The molecular weight excluding hydrogens is 264 g/mol. The molecule has 0 aromatic carbocycles. The first kappa shape index (κ1) is 19.4. The maximum atomic E-state index is 2.80. The monoisotopic (exact) mass is 302 g/mol. The Kier molecular flexibility index (Phi) is 9.49. The third-order valence-corrected chi connectivity index (χ3v) is 11.0. The highest BCUT2D eigenvalue weighted by Gasteiger charge is 2.21. The lowest BCUT2D eigenvalue weighted by Crippen LogP contribution is -2.47. The molecule has 1 unspecified atom stereocenters. The highest BCUT2D eigenvalue weighted by Crippen LogP contribution is 2.14. The summed E-state index contributed by atoms with van der Waals surface area (Å²) >= 11 is 0. The second kappa shape index (κ2) is 9.32. The first-order valence-corrected chi connectivity index (χ1v) is 12.3. The van der Waals surface area contributed by atoms with E-state index in [0.717, 1.165) is 24.2 Å². The second-order valence-corrected chi connectivity index (χ2v) is 11.8. The molecule has 0 N–H and O–H groups in total. The van der Waals surface area contributed by atoms with Crippen molar-refractivity contribution in [3.05, 3.63) is 0 Å². The van der Waals surface area contributed by atoms with Crippen LogP contribution < -0.4 is 0 Å². The van der Waals surface area contributed by atoms with Crippen molar-refractivity contribution in [1.82, 2.24) is 9.13 Å². The van der Waals surface area contributed by atoms with Crippen LogP contribution in [0.15, 0.2) is 0 Å². The van der Waals surface area contributed by atoms with Crippen LogP contribution in [0.3, 0.4) is 0 Å². The van der Waals surface area contributed by atoms with Crippen LogP contribution in [0.5, 0.6) is 0 Å². The standard InChI is InChI=1S/C15H38N2Si2/c1-12(2)16(13(3)4)18-10-11-19(9)17(14(5)6)15(7)8/h12-15,19H,10-11,18H2,1-9H3. The maximum absolute atomic E-state index is 2.80. The summed E-state index contributed by atoms with van der Waals surface area (Å²) in [4.78, 5) is 0. The normalized spacial score (nSPS) is 15.3. The van der Waals surface area contributed by atoms with Crippen LogP contribution in [0.25, 0.3) is 0 Å². The molecule has 0 saturated carbocycles. The number of rotatable bonds is 9. The Bertz CT molecular complexity index is 214. The summed E-state index contributed by atoms with van der Waals surface area (Å²) in [6.45, 7) is 21.4. The summed E-state index contributed by atoms with van der Waals surface area (Å²) in [6, 6.07) is 5.90. The summed E-state index contributed by atoms with van der Waals surface area (Å²) in [5, 5.41) is 0. The van der Waals surface area contributed by atoms with Gasteiger partial charge in [0, 0.05) is 0 Å². The average molecular weight is 303 g/mol. The molecule has 0 aliphatic heterocycles. The van der Waals surface area contributed by atoms with E-state index in [1.165, 1.54) is 12.1 Å². The van der Waals surface area contributed by atoms with Crippen molar-refractivity contribution < 1.29 is 0 Å². The van der Waals surface area contributed by atoms with E-state index in [0.29, 0.717) is 0 Å². The van der Waals surface area contributed by atoms with Crippen molar-refractivity contribution in [2.45, 2.75) is 98.2 Å². The van der Waals surface area contributed by atoms with Crippen LogP contribution in [-0.4, -0.2) is 51.9 Å². The van der Waals surface area contributed by atoms with Crippen molar-refractivity contribution in [2.75, 3.05) is 0 Å². The van der Waals surface area contributed by atoms with Crippen molar-refractivity contribution in [3.8, 4) is 0 Å². The fourth-order valence-electron chi connectivity index (χ4n) is 3.45. The number of nitrogens with zero attached hydrogens (tertiary/aromatic N) is 2. The van der Waals surface area contributed by atoms with Gasteiger partial charge in [0.15, 0.2) is 0 Å². The quantitative estimate of drug-likeness (QED) is 0.604. The predicted molar refractivity (Wildman–Crippen MR) is 95.4 cm³/mol. The average Bonchev–Trinajstić information content (AvgIpc) is 2.21. The molecule has 2 nitrogen and oxygen atoms in total. The van der Waals surface area contributed by atoms with E-state index in [-0.39, 0.29) is 9.68 Å². The highest BCUT2D eigenvalue weighted by molar-refractivity contribution is 6.56. The van der Waals surface area contributed by atoms with Gasteiger partial charge in [0.2, 0.25) is 0 Å². The summed E-state index contributed by atoms with van der Waals surface area (Å²) in [6.07, 6.45) is 0. The third-order valence-electron chi connectivity index (χ3n) is 4.07. The van der Waals surface area contributed by atoms with Crippen molar-refractivity contribution in [3.63, 3.8) is 0 Å². The summed E-state index contributed by atoms with van der Waals surface area (Å²) in [7, 11) is -0.765. The van der Waals surface area contributed by atoms with E-state index in [1.54, 1.807) is 0 Å². The van der Waals surface area contributed by atoms with Crippen LogP contribution in [-0.2, 0) is 0 Å². The van der Waals surface area contributed by atoms with E-state index in [9.17, 15) is 0 Å². The molecule has 0 amide bonds. The van der Waals surface area contributed by atoms with Crippen LogP contribution in [0, 0.1) is 0 Å². The van der Waals surface area contributed by atoms with Gasteiger partial charge in [-0.2, -0.15) is 0 Å². The fourth-order valence-corrected chi connectivity index (χ4v) is 10.3. The van der Waals surface area contributed by atoms with Gasteiger partial charge in [-0.15, -0.1) is 0 Å². The summed E-state index contributed by atoms with van der Waals surface area (Å²) in [5.41, 5.74) is 0. The van der Waals surface area contributed by atoms with Crippen LogP contribution in [0.4, 0.5) is 0 Å². The van der Waals surface area contributed by atoms with Crippen molar-refractivity contribution >= 4 is 18.6 Å². The first-order chi connectivity index (χ1) is 8.68. The molecule has 0 bridgehead atoms. The molecule has 0 fully saturated rings. The minimum Gasteiger partial charge on any atom is -0.325 e. The zero-order chi connectivity index (χ0) is 15.2. The molecule has 0 aliphatic rings. The van der Waals surface area contributed by atoms with E-state index < -0.39 is 8.96 Å². The van der Waals surface area contributed by atoms with E-state index in [4.69, 9.17) is 0 Å². The molecule has 0 aromatic rings. The van der Waals surface area contributed by atoms with Gasteiger partial charge in [0.25, 0.3) is 0 Å². The van der Waals surface area contributed by atoms with E-state index in [1.807, 2.05) is 0 Å². The Balaban J connectivity index is 4.24. The van der Waals surface area contributed by atoms with Crippen LogP contribution in [0.2, 0.25) is 18.6 Å². The van der Waals surface area contributed by atoms with Gasteiger partial charge in [-0.3, -0.25) is 0 Å². The Morgan fingerprint density at radius 3 is 1.53 bits per heavy atom. The third kappa shape index (κ3) is 7.07. The molecule has 0 saturated heterocycles. The lowest BCUT2D eigenvalue weighted by atomic mass is 10.3. The Labute approximate surface area is 126 Å². The van der Waals surface area contributed by atoms with Gasteiger partial charge in [-0.05, 0) is 30.2 Å². The highest BCUT2D eigenvalue weighted by atomic mass is 28.3. The molecule has 0 heterocycles. The molecule has 4 heteroatoms. The number of hydrogen-bond acceptors (Lipinski definition) is 2. The zero-order valence-corrected chi connectivity index (χ0v) is 17.5. The second-order valence-electron chi connectivity index (χ2n) is 7.05. The first-order valence-electron chi connectivity index (χ1n) is 8.21. The molecule has 0 aromatic heterocycles. The minimum absolute atomic E-state index is 0.0522. The summed E-state index contributed by atoms with van der Waals surface area (Å²) in [5.74, 6) is 0. The molecule has 0 radical (unpaired) electrons. The summed E-state index contributed by atoms with van der Waals surface area (Å²) < 4.78 is 5.56. The van der Waals surface area contributed by atoms with Gasteiger partial charge in [0.1, 0.15) is 8.96 Å². The fraction of sp³-hybridized carbons (Fsp3) is 1.00.